The maximum absolute atomic E-state index is 13.2. The van der Waals surface area contributed by atoms with Crippen molar-refractivity contribution in [1.29, 1.82) is 0 Å². The molecule has 8 heteroatoms. The van der Waals surface area contributed by atoms with Crippen LogP contribution in [0.2, 0.25) is 5.02 Å². The minimum Gasteiger partial charge on any atom is -0.507 e. The predicted octanol–water partition coefficient (Wildman–Crippen LogP) is 4.12. The van der Waals surface area contributed by atoms with Crippen LogP contribution in [-0.4, -0.2) is 67.0 Å². The third-order valence-electron chi connectivity index (χ3n) is 5.94. The Kier molecular flexibility index (Phi) is 8.00. The fraction of sp³-hybridized carbons (Fsp3) is 0.360. The van der Waals surface area contributed by atoms with E-state index in [-0.39, 0.29) is 11.3 Å². The number of rotatable bonds is 9. The fourth-order valence-corrected chi connectivity index (χ4v) is 4.16. The number of benzene rings is 2. The van der Waals surface area contributed by atoms with Crippen molar-refractivity contribution < 1.29 is 24.2 Å². The Morgan fingerprint density at radius 1 is 1.06 bits per heavy atom. The SMILES string of the molecule is CCN(CC)CCN1C(=O)C(=O)C(=C(O)c2ccc(Cl)cc2)C1c1ccc(OC)cc1OC. The fourth-order valence-electron chi connectivity index (χ4n) is 4.03. The molecule has 1 fully saturated rings. The van der Waals surface area contributed by atoms with Gasteiger partial charge in [0.1, 0.15) is 17.3 Å². The molecule has 1 N–H and O–H groups in total. The summed E-state index contributed by atoms with van der Waals surface area (Å²) in [4.78, 5) is 30.0. The van der Waals surface area contributed by atoms with E-state index in [1.54, 1.807) is 49.6 Å². The molecular formula is C25H29ClN2O5. The summed E-state index contributed by atoms with van der Waals surface area (Å²) in [6.45, 7) is 6.65. The highest BCUT2D eigenvalue weighted by molar-refractivity contribution is 6.46. The molecule has 176 valence electrons. The van der Waals surface area contributed by atoms with Gasteiger partial charge in [-0.05, 0) is 49.5 Å². The van der Waals surface area contributed by atoms with Crippen LogP contribution in [0.1, 0.15) is 31.0 Å². The second-order valence-corrected chi connectivity index (χ2v) is 8.07. The van der Waals surface area contributed by atoms with E-state index in [1.807, 2.05) is 13.8 Å². The van der Waals surface area contributed by atoms with Gasteiger partial charge >= 0.3 is 0 Å². The van der Waals surface area contributed by atoms with E-state index in [4.69, 9.17) is 21.1 Å². The number of likely N-dealkylation sites (N-methyl/N-ethyl adjacent to an activating group) is 1. The summed E-state index contributed by atoms with van der Waals surface area (Å²) in [6, 6.07) is 10.9. The lowest BCUT2D eigenvalue weighted by Gasteiger charge is -2.29. The molecule has 1 amide bonds. The standard InChI is InChI=1S/C25H29ClN2O5/c1-5-27(6-2)13-14-28-22(19-12-11-18(32-3)15-20(19)33-4)21(24(30)25(28)31)23(29)16-7-9-17(26)10-8-16/h7-12,15,22,29H,5-6,13-14H2,1-4H3. The minimum atomic E-state index is -0.808. The molecule has 0 saturated carbocycles. The third kappa shape index (κ3) is 4.99. The molecule has 1 saturated heterocycles. The van der Waals surface area contributed by atoms with E-state index in [9.17, 15) is 14.7 Å². The lowest BCUT2D eigenvalue weighted by Crippen LogP contribution is -2.38. The smallest absolute Gasteiger partial charge is 0.295 e. The number of ketones is 1. The number of Topliss-reactive ketones (excluding diaryl/α,β-unsaturated/α-hetero) is 1. The van der Waals surface area contributed by atoms with Crippen molar-refractivity contribution in [2.24, 2.45) is 0 Å². The van der Waals surface area contributed by atoms with Gasteiger partial charge in [0, 0.05) is 35.3 Å². The summed E-state index contributed by atoms with van der Waals surface area (Å²) in [5, 5.41) is 11.6. The summed E-state index contributed by atoms with van der Waals surface area (Å²) in [5.41, 5.74) is 1.01. The van der Waals surface area contributed by atoms with E-state index in [0.29, 0.717) is 40.7 Å². The number of likely N-dealkylation sites (tertiary alicyclic amines) is 1. The zero-order valence-corrected chi connectivity index (χ0v) is 20.1. The molecule has 0 aromatic heterocycles. The molecule has 0 aliphatic carbocycles. The molecular weight excluding hydrogens is 444 g/mol. The van der Waals surface area contributed by atoms with Crippen molar-refractivity contribution >= 4 is 29.1 Å². The first-order valence-corrected chi connectivity index (χ1v) is 11.2. The summed E-state index contributed by atoms with van der Waals surface area (Å²) >= 11 is 5.98. The highest BCUT2D eigenvalue weighted by atomic mass is 35.5. The number of nitrogens with zero attached hydrogens (tertiary/aromatic N) is 2. The van der Waals surface area contributed by atoms with Crippen LogP contribution >= 0.6 is 11.6 Å². The highest BCUT2D eigenvalue weighted by Crippen LogP contribution is 2.43. The van der Waals surface area contributed by atoms with Gasteiger partial charge in [-0.1, -0.05) is 25.4 Å². The van der Waals surface area contributed by atoms with Gasteiger partial charge < -0.3 is 24.4 Å². The topological polar surface area (TPSA) is 79.3 Å². The van der Waals surface area contributed by atoms with Crippen LogP contribution in [0.25, 0.3) is 5.76 Å². The molecule has 1 unspecified atom stereocenters. The summed E-state index contributed by atoms with van der Waals surface area (Å²) < 4.78 is 10.9. The van der Waals surface area contributed by atoms with E-state index in [1.165, 1.54) is 12.0 Å². The zero-order chi connectivity index (χ0) is 24.1. The summed E-state index contributed by atoms with van der Waals surface area (Å²) in [7, 11) is 3.06. The first-order valence-electron chi connectivity index (χ1n) is 10.8. The number of hydrogen-bond acceptors (Lipinski definition) is 6. The molecule has 1 aliphatic rings. The van der Waals surface area contributed by atoms with Crippen molar-refractivity contribution in [2.75, 3.05) is 40.4 Å². The lowest BCUT2D eigenvalue weighted by molar-refractivity contribution is -0.140. The number of hydrogen-bond donors (Lipinski definition) is 1. The van der Waals surface area contributed by atoms with Crippen molar-refractivity contribution in [2.45, 2.75) is 19.9 Å². The number of aliphatic hydroxyl groups is 1. The maximum Gasteiger partial charge on any atom is 0.295 e. The maximum atomic E-state index is 13.2. The van der Waals surface area contributed by atoms with Gasteiger partial charge in [0.15, 0.2) is 0 Å². The quantitative estimate of drug-likeness (QED) is 0.336. The Morgan fingerprint density at radius 3 is 2.30 bits per heavy atom. The van der Waals surface area contributed by atoms with Crippen molar-refractivity contribution in [1.82, 2.24) is 9.80 Å². The number of methoxy groups -OCH3 is 2. The van der Waals surface area contributed by atoms with Gasteiger partial charge in [-0.2, -0.15) is 0 Å². The number of carbonyl (C=O) groups excluding carboxylic acids is 2. The molecule has 1 aliphatic heterocycles. The van der Waals surface area contributed by atoms with E-state index < -0.39 is 17.7 Å². The van der Waals surface area contributed by atoms with Crippen LogP contribution in [0.4, 0.5) is 0 Å². The average Bonchev–Trinajstić information content (AvgIpc) is 3.09. The number of aliphatic hydroxyl groups excluding tert-OH is 1. The Labute approximate surface area is 199 Å². The monoisotopic (exact) mass is 472 g/mol. The molecule has 3 rings (SSSR count). The highest BCUT2D eigenvalue weighted by Gasteiger charge is 2.47. The van der Waals surface area contributed by atoms with Crippen LogP contribution in [0.15, 0.2) is 48.0 Å². The molecule has 7 nitrogen and oxygen atoms in total. The lowest BCUT2D eigenvalue weighted by atomic mass is 9.94. The van der Waals surface area contributed by atoms with Crippen molar-refractivity contribution in [3.05, 3.63) is 64.2 Å². The molecule has 1 atom stereocenters. The van der Waals surface area contributed by atoms with Crippen molar-refractivity contribution in [3.63, 3.8) is 0 Å². The first kappa shape index (κ1) is 24.6. The number of halogens is 1. The van der Waals surface area contributed by atoms with Crippen molar-refractivity contribution in [3.8, 4) is 11.5 Å². The van der Waals surface area contributed by atoms with E-state index in [2.05, 4.69) is 4.90 Å². The molecule has 1 heterocycles. The zero-order valence-electron chi connectivity index (χ0n) is 19.3. The van der Waals surface area contributed by atoms with Crippen LogP contribution in [-0.2, 0) is 9.59 Å². The van der Waals surface area contributed by atoms with E-state index in [0.717, 1.165) is 13.1 Å². The normalized spacial score (nSPS) is 17.6. The third-order valence-corrected chi connectivity index (χ3v) is 6.20. The average molecular weight is 473 g/mol. The Morgan fingerprint density at radius 2 is 1.73 bits per heavy atom. The van der Waals surface area contributed by atoms with Gasteiger partial charge in [0.2, 0.25) is 0 Å². The largest absolute Gasteiger partial charge is 0.507 e. The Hall–Kier alpha value is -3.03. The van der Waals surface area contributed by atoms with Gasteiger partial charge in [-0.15, -0.1) is 0 Å². The molecule has 0 radical (unpaired) electrons. The van der Waals surface area contributed by atoms with Gasteiger partial charge in [-0.3, -0.25) is 9.59 Å². The minimum absolute atomic E-state index is 0.0188. The molecule has 2 aromatic rings. The van der Waals surface area contributed by atoms with E-state index >= 15 is 0 Å². The van der Waals surface area contributed by atoms with Gasteiger partial charge in [-0.25, -0.2) is 0 Å². The molecule has 0 spiro atoms. The summed E-state index contributed by atoms with van der Waals surface area (Å²) in [6.07, 6.45) is 0. The first-order chi connectivity index (χ1) is 15.9. The number of carbonyl (C=O) groups is 2. The van der Waals surface area contributed by atoms with Gasteiger partial charge in [0.25, 0.3) is 11.7 Å². The van der Waals surface area contributed by atoms with Crippen LogP contribution < -0.4 is 9.47 Å². The molecule has 0 bridgehead atoms. The number of amides is 1. The summed E-state index contributed by atoms with van der Waals surface area (Å²) in [5.74, 6) is -0.604. The van der Waals surface area contributed by atoms with Crippen LogP contribution in [0.3, 0.4) is 0 Å². The van der Waals surface area contributed by atoms with Crippen LogP contribution in [0.5, 0.6) is 11.5 Å². The second kappa shape index (κ2) is 10.7. The van der Waals surface area contributed by atoms with Crippen LogP contribution in [0, 0.1) is 0 Å². The van der Waals surface area contributed by atoms with Gasteiger partial charge in [0.05, 0.1) is 25.8 Å². The Balaban J connectivity index is 2.17. The second-order valence-electron chi connectivity index (χ2n) is 7.63. The number of ether oxygens (including phenoxy) is 2. The molecule has 33 heavy (non-hydrogen) atoms. The Bertz CT molecular complexity index is 1050. The predicted molar refractivity (Wildman–Crippen MR) is 128 cm³/mol. The molecule has 2 aromatic carbocycles.